The lowest BCUT2D eigenvalue weighted by atomic mass is 10.1. The molecule has 4 nitrogen and oxygen atoms in total. The Balaban J connectivity index is 1.43. The van der Waals surface area contributed by atoms with Crippen molar-refractivity contribution in [1.29, 1.82) is 0 Å². The molecule has 2 aromatic carbocycles. The van der Waals surface area contributed by atoms with Gasteiger partial charge in [-0.15, -0.1) is 0 Å². The van der Waals surface area contributed by atoms with Crippen molar-refractivity contribution in [2.45, 2.75) is 12.6 Å². The van der Waals surface area contributed by atoms with Crippen LogP contribution in [0.15, 0.2) is 71.3 Å². The number of aromatic nitrogens is 1. The molecule has 0 bridgehead atoms. The Morgan fingerprint density at radius 1 is 1.00 bits per heavy atom. The first kappa shape index (κ1) is 15.1. The van der Waals surface area contributed by atoms with Crippen molar-refractivity contribution in [3.05, 3.63) is 78.2 Å². The van der Waals surface area contributed by atoms with E-state index in [-0.39, 0.29) is 6.10 Å². The van der Waals surface area contributed by atoms with Crippen LogP contribution in [0.2, 0.25) is 0 Å². The standard InChI is InChI=1S/C20H20N2O2/c1-3-7-16(8-4-1)19-14-22(11-12-23-19)13-18-15-24-20(21-18)17-9-5-2-6-10-17/h1-10,15,19H,11-14H2. The largest absolute Gasteiger partial charge is 0.444 e. The Hall–Kier alpha value is -2.43. The molecule has 24 heavy (non-hydrogen) atoms. The summed E-state index contributed by atoms with van der Waals surface area (Å²) in [6, 6.07) is 20.4. The number of nitrogens with zero attached hydrogens (tertiary/aromatic N) is 2. The minimum Gasteiger partial charge on any atom is -0.444 e. The third-order valence-electron chi connectivity index (χ3n) is 4.28. The molecule has 2 heterocycles. The molecule has 0 aliphatic carbocycles. The fraction of sp³-hybridized carbons (Fsp3) is 0.250. The third kappa shape index (κ3) is 3.40. The topological polar surface area (TPSA) is 38.5 Å². The summed E-state index contributed by atoms with van der Waals surface area (Å²) in [6.07, 6.45) is 1.88. The van der Waals surface area contributed by atoms with Gasteiger partial charge in [-0.2, -0.15) is 0 Å². The predicted molar refractivity (Wildman–Crippen MR) is 92.4 cm³/mol. The van der Waals surface area contributed by atoms with E-state index in [4.69, 9.17) is 9.15 Å². The predicted octanol–water partition coefficient (Wildman–Crippen LogP) is 3.92. The summed E-state index contributed by atoms with van der Waals surface area (Å²) in [4.78, 5) is 6.99. The summed E-state index contributed by atoms with van der Waals surface area (Å²) in [5.41, 5.74) is 3.20. The molecule has 1 aliphatic rings. The SMILES string of the molecule is c1ccc(-c2nc(CN3CCOC(c4ccccc4)C3)co2)cc1. The molecule has 1 fully saturated rings. The lowest BCUT2D eigenvalue weighted by molar-refractivity contribution is -0.0332. The van der Waals surface area contributed by atoms with Gasteiger partial charge in [-0.1, -0.05) is 48.5 Å². The van der Waals surface area contributed by atoms with E-state index >= 15 is 0 Å². The maximum atomic E-state index is 5.92. The van der Waals surface area contributed by atoms with E-state index < -0.39 is 0 Å². The van der Waals surface area contributed by atoms with Crippen molar-refractivity contribution in [2.24, 2.45) is 0 Å². The average Bonchev–Trinajstić information content (AvgIpc) is 3.12. The molecule has 0 radical (unpaired) electrons. The van der Waals surface area contributed by atoms with Crippen LogP contribution >= 0.6 is 0 Å². The molecule has 1 aliphatic heterocycles. The van der Waals surface area contributed by atoms with E-state index in [9.17, 15) is 0 Å². The third-order valence-corrected chi connectivity index (χ3v) is 4.28. The van der Waals surface area contributed by atoms with Crippen LogP contribution in [-0.2, 0) is 11.3 Å². The second kappa shape index (κ2) is 6.99. The van der Waals surface area contributed by atoms with Gasteiger partial charge in [-0.3, -0.25) is 4.90 Å². The summed E-state index contributed by atoms with van der Waals surface area (Å²) >= 11 is 0. The number of benzene rings is 2. The first-order valence-electron chi connectivity index (χ1n) is 8.27. The minimum atomic E-state index is 0.125. The summed E-state index contributed by atoms with van der Waals surface area (Å²) in [6.45, 7) is 3.31. The molecule has 0 spiro atoms. The van der Waals surface area contributed by atoms with Gasteiger partial charge in [0, 0.05) is 25.2 Å². The molecule has 3 aromatic rings. The van der Waals surface area contributed by atoms with Gasteiger partial charge in [-0.05, 0) is 17.7 Å². The van der Waals surface area contributed by atoms with E-state index in [1.165, 1.54) is 5.56 Å². The van der Waals surface area contributed by atoms with Crippen molar-refractivity contribution in [3.8, 4) is 11.5 Å². The van der Waals surface area contributed by atoms with Crippen molar-refractivity contribution in [2.75, 3.05) is 19.7 Å². The highest BCUT2D eigenvalue weighted by atomic mass is 16.5. The van der Waals surface area contributed by atoms with Crippen molar-refractivity contribution in [3.63, 3.8) is 0 Å². The molecule has 1 unspecified atom stereocenters. The summed E-state index contributed by atoms with van der Waals surface area (Å²) in [5.74, 6) is 0.679. The molecular formula is C20H20N2O2. The highest BCUT2D eigenvalue weighted by molar-refractivity contribution is 5.52. The lowest BCUT2D eigenvalue weighted by Crippen LogP contribution is -2.37. The van der Waals surface area contributed by atoms with Gasteiger partial charge in [-0.25, -0.2) is 4.98 Å². The van der Waals surface area contributed by atoms with Gasteiger partial charge in [0.25, 0.3) is 0 Å². The van der Waals surface area contributed by atoms with Crippen LogP contribution in [0.25, 0.3) is 11.5 Å². The number of hydrogen-bond donors (Lipinski definition) is 0. The van der Waals surface area contributed by atoms with Gasteiger partial charge in [0.05, 0.1) is 18.4 Å². The second-order valence-electron chi connectivity index (χ2n) is 6.02. The van der Waals surface area contributed by atoms with Crippen molar-refractivity contribution >= 4 is 0 Å². The summed E-state index contributed by atoms with van der Waals surface area (Å²) in [7, 11) is 0. The average molecular weight is 320 g/mol. The lowest BCUT2D eigenvalue weighted by Gasteiger charge is -2.32. The molecule has 4 rings (SSSR count). The number of ether oxygens (including phenoxy) is 1. The Labute approximate surface area is 141 Å². The van der Waals surface area contributed by atoms with Crippen LogP contribution < -0.4 is 0 Å². The zero-order valence-electron chi connectivity index (χ0n) is 13.5. The number of hydrogen-bond acceptors (Lipinski definition) is 4. The normalized spacial score (nSPS) is 18.6. The van der Waals surface area contributed by atoms with E-state index in [1.807, 2.05) is 36.4 Å². The van der Waals surface area contributed by atoms with E-state index in [1.54, 1.807) is 6.26 Å². The Morgan fingerprint density at radius 2 is 1.75 bits per heavy atom. The van der Waals surface area contributed by atoms with Crippen LogP contribution in [0.1, 0.15) is 17.4 Å². The summed E-state index contributed by atoms with van der Waals surface area (Å²) < 4.78 is 11.6. The maximum absolute atomic E-state index is 5.92. The summed E-state index contributed by atoms with van der Waals surface area (Å²) in [5, 5.41) is 0. The maximum Gasteiger partial charge on any atom is 0.226 e. The van der Waals surface area contributed by atoms with Crippen molar-refractivity contribution < 1.29 is 9.15 Å². The Morgan fingerprint density at radius 3 is 2.54 bits per heavy atom. The van der Waals surface area contributed by atoms with E-state index in [0.717, 1.165) is 37.5 Å². The second-order valence-corrected chi connectivity index (χ2v) is 6.02. The van der Waals surface area contributed by atoms with Gasteiger partial charge in [0.15, 0.2) is 0 Å². The molecular weight excluding hydrogens is 300 g/mol. The van der Waals surface area contributed by atoms with Gasteiger partial charge >= 0.3 is 0 Å². The van der Waals surface area contributed by atoms with Gasteiger partial charge < -0.3 is 9.15 Å². The molecule has 0 N–H and O–H groups in total. The van der Waals surface area contributed by atoms with Crippen LogP contribution in [0.3, 0.4) is 0 Å². The number of morpholine rings is 1. The van der Waals surface area contributed by atoms with Gasteiger partial charge in [0.2, 0.25) is 5.89 Å². The zero-order valence-corrected chi connectivity index (χ0v) is 13.5. The van der Waals surface area contributed by atoms with Crippen LogP contribution in [0, 0.1) is 0 Å². The van der Waals surface area contributed by atoms with Crippen molar-refractivity contribution in [1.82, 2.24) is 9.88 Å². The monoisotopic (exact) mass is 320 g/mol. The quantitative estimate of drug-likeness (QED) is 0.730. The van der Waals surface area contributed by atoms with E-state index in [2.05, 4.69) is 34.1 Å². The van der Waals surface area contributed by atoms with Crippen LogP contribution in [-0.4, -0.2) is 29.6 Å². The molecule has 1 atom stereocenters. The van der Waals surface area contributed by atoms with E-state index in [0.29, 0.717) is 5.89 Å². The smallest absolute Gasteiger partial charge is 0.226 e. The molecule has 0 amide bonds. The molecule has 1 aromatic heterocycles. The highest BCUT2D eigenvalue weighted by Crippen LogP contribution is 2.24. The molecule has 1 saturated heterocycles. The number of rotatable bonds is 4. The van der Waals surface area contributed by atoms with Crippen LogP contribution in [0.5, 0.6) is 0 Å². The first-order chi connectivity index (χ1) is 11.9. The number of oxazole rings is 1. The van der Waals surface area contributed by atoms with Gasteiger partial charge in [0.1, 0.15) is 6.26 Å². The molecule has 4 heteroatoms. The fourth-order valence-corrected chi connectivity index (χ4v) is 3.04. The Bertz CT molecular complexity index is 771. The highest BCUT2D eigenvalue weighted by Gasteiger charge is 2.22. The molecule has 0 saturated carbocycles. The van der Waals surface area contributed by atoms with Crippen LogP contribution in [0.4, 0.5) is 0 Å². The Kier molecular flexibility index (Phi) is 4.40. The minimum absolute atomic E-state index is 0.125. The first-order valence-corrected chi connectivity index (χ1v) is 8.27. The fourth-order valence-electron chi connectivity index (χ4n) is 3.04. The zero-order chi connectivity index (χ0) is 16.2. The molecule has 122 valence electrons.